The SMILES string of the molecule is CCOP(=O)(CN(CC(C)C)C(=O)N1Cc2cccc(I)c2CC1C(=O)OC)OCC. The van der Waals surface area contributed by atoms with Gasteiger partial charge in [-0.3, -0.25) is 4.57 Å². The average molecular weight is 566 g/mol. The smallest absolute Gasteiger partial charge is 0.349 e. The molecule has 0 bridgehead atoms. The zero-order valence-corrected chi connectivity index (χ0v) is 21.9. The predicted molar refractivity (Wildman–Crippen MR) is 127 cm³/mol. The summed E-state index contributed by atoms with van der Waals surface area (Å²) in [6, 6.07) is 4.74. The maximum absolute atomic E-state index is 13.7. The summed E-state index contributed by atoms with van der Waals surface area (Å²) in [5.74, 6) is -0.351. The molecule has 2 rings (SSSR count). The van der Waals surface area contributed by atoms with E-state index in [1.807, 2.05) is 32.0 Å². The standard InChI is InChI=1S/C21H32IN2O6P/c1-6-29-31(27,30-7-2)14-23(12-15(3)4)21(26)24-13-16-9-8-10-18(22)17(16)11-19(24)20(25)28-5/h8-10,15,19H,6-7,11-14H2,1-5H3. The van der Waals surface area contributed by atoms with Crippen LogP contribution in [-0.2, 0) is 36.1 Å². The van der Waals surface area contributed by atoms with Crippen LogP contribution in [0.1, 0.15) is 38.8 Å². The first kappa shape index (κ1) is 26.1. The molecular formula is C21H32IN2O6P. The van der Waals surface area contributed by atoms with Crippen molar-refractivity contribution >= 4 is 42.2 Å². The van der Waals surface area contributed by atoms with Crippen molar-refractivity contribution in [1.82, 2.24) is 9.80 Å². The summed E-state index contributed by atoms with van der Waals surface area (Å²) < 4.78 is 30.0. The van der Waals surface area contributed by atoms with E-state index < -0.39 is 19.6 Å². The number of urea groups is 1. The van der Waals surface area contributed by atoms with Gasteiger partial charge in [-0.1, -0.05) is 26.0 Å². The first-order chi connectivity index (χ1) is 14.7. The number of esters is 1. The number of hydrogen-bond acceptors (Lipinski definition) is 6. The Morgan fingerprint density at radius 1 is 1.26 bits per heavy atom. The van der Waals surface area contributed by atoms with Crippen molar-refractivity contribution in [3.8, 4) is 0 Å². The normalized spacial score (nSPS) is 16.2. The number of hydrogen-bond donors (Lipinski definition) is 0. The summed E-state index contributed by atoms with van der Waals surface area (Å²) in [7, 11) is -2.18. The van der Waals surface area contributed by atoms with E-state index in [1.54, 1.807) is 13.8 Å². The zero-order chi connectivity index (χ0) is 23.2. The molecule has 1 aliphatic heterocycles. The molecule has 0 aromatic heterocycles. The molecule has 1 unspecified atom stereocenters. The van der Waals surface area contributed by atoms with Crippen molar-refractivity contribution in [2.75, 3.05) is 33.2 Å². The molecule has 1 heterocycles. The monoisotopic (exact) mass is 566 g/mol. The summed E-state index contributed by atoms with van der Waals surface area (Å²) >= 11 is 2.24. The Morgan fingerprint density at radius 2 is 1.90 bits per heavy atom. The second-order valence-corrected chi connectivity index (χ2v) is 10.9. The third-order valence-electron chi connectivity index (χ3n) is 4.90. The zero-order valence-electron chi connectivity index (χ0n) is 18.8. The fourth-order valence-electron chi connectivity index (χ4n) is 3.66. The van der Waals surface area contributed by atoms with Gasteiger partial charge in [0.1, 0.15) is 12.3 Å². The number of ether oxygens (including phenoxy) is 1. The van der Waals surface area contributed by atoms with Gasteiger partial charge in [-0.15, -0.1) is 0 Å². The molecule has 0 fully saturated rings. The number of carbonyl (C=O) groups excluding carboxylic acids is 2. The van der Waals surface area contributed by atoms with Crippen LogP contribution in [0.3, 0.4) is 0 Å². The number of benzene rings is 1. The summed E-state index contributed by atoms with van der Waals surface area (Å²) in [5, 5.41) is 0. The molecule has 0 N–H and O–H groups in total. The molecular weight excluding hydrogens is 534 g/mol. The summed E-state index contributed by atoms with van der Waals surface area (Å²) in [5.41, 5.74) is 2.04. The summed E-state index contributed by atoms with van der Waals surface area (Å²) in [6.45, 7) is 8.45. The molecule has 174 valence electrons. The highest BCUT2D eigenvalue weighted by atomic mass is 127. The van der Waals surface area contributed by atoms with Crippen molar-refractivity contribution in [3.63, 3.8) is 0 Å². The second-order valence-electron chi connectivity index (χ2n) is 7.74. The van der Waals surface area contributed by atoms with E-state index in [-0.39, 0.29) is 38.0 Å². The van der Waals surface area contributed by atoms with Crippen LogP contribution in [0.15, 0.2) is 18.2 Å². The van der Waals surface area contributed by atoms with Crippen molar-refractivity contribution < 1.29 is 27.9 Å². The summed E-state index contributed by atoms with van der Waals surface area (Å²) in [4.78, 5) is 29.2. The van der Waals surface area contributed by atoms with Crippen LogP contribution in [0.5, 0.6) is 0 Å². The molecule has 1 atom stereocenters. The maximum Gasteiger partial charge on any atom is 0.349 e. The molecule has 0 radical (unpaired) electrons. The van der Waals surface area contributed by atoms with E-state index in [0.717, 1.165) is 14.7 Å². The number of halogens is 1. The molecule has 2 amide bonds. The highest BCUT2D eigenvalue weighted by Crippen LogP contribution is 2.49. The number of carbonyl (C=O) groups is 2. The lowest BCUT2D eigenvalue weighted by Gasteiger charge is -2.39. The van der Waals surface area contributed by atoms with Gasteiger partial charge in [0.05, 0.1) is 20.3 Å². The molecule has 0 saturated heterocycles. The Balaban J connectivity index is 2.40. The number of fused-ring (bicyclic) bond motifs is 1. The lowest BCUT2D eigenvalue weighted by molar-refractivity contribution is -0.146. The molecule has 0 saturated carbocycles. The van der Waals surface area contributed by atoms with Crippen LogP contribution in [-0.4, -0.2) is 61.0 Å². The van der Waals surface area contributed by atoms with Crippen LogP contribution in [0, 0.1) is 9.49 Å². The molecule has 10 heteroatoms. The third kappa shape index (κ3) is 6.66. The van der Waals surface area contributed by atoms with Crippen LogP contribution >= 0.6 is 30.2 Å². The van der Waals surface area contributed by atoms with Gasteiger partial charge in [-0.2, -0.15) is 0 Å². The maximum atomic E-state index is 13.7. The molecule has 1 aliphatic rings. The highest BCUT2D eigenvalue weighted by Gasteiger charge is 2.40. The highest BCUT2D eigenvalue weighted by molar-refractivity contribution is 14.1. The van der Waals surface area contributed by atoms with Gasteiger partial charge in [0.25, 0.3) is 0 Å². The van der Waals surface area contributed by atoms with E-state index in [9.17, 15) is 14.2 Å². The van der Waals surface area contributed by atoms with Gasteiger partial charge in [0.2, 0.25) is 0 Å². The largest absolute Gasteiger partial charge is 0.467 e. The minimum atomic E-state index is -3.50. The number of amides is 2. The number of methoxy groups -OCH3 is 1. The number of nitrogens with zero attached hydrogens (tertiary/aromatic N) is 2. The van der Waals surface area contributed by atoms with Crippen LogP contribution < -0.4 is 0 Å². The number of rotatable bonds is 9. The van der Waals surface area contributed by atoms with Crippen molar-refractivity contribution in [2.24, 2.45) is 5.92 Å². The minimum Gasteiger partial charge on any atom is -0.467 e. The lowest BCUT2D eigenvalue weighted by Crippen LogP contribution is -2.54. The molecule has 1 aromatic rings. The summed E-state index contributed by atoms with van der Waals surface area (Å²) in [6.07, 6.45) is 0.201. The minimum absolute atomic E-state index is 0.121. The van der Waals surface area contributed by atoms with E-state index in [2.05, 4.69) is 22.6 Å². The van der Waals surface area contributed by atoms with E-state index >= 15 is 0 Å². The van der Waals surface area contributed by atoms with Gasteiger partial charge in [-0.25, -0.2) is 9.59 Å². The molecule has 0 spiro atoms. The van der Waals surface area contributed by atoms with Crippen molar-refractivity contribution in [2.45, 2.75) is 46.7 Å². The fraction of sp³-hybridized carbons (Fsp3) is 0.619. The molecule has 0 aliphatic carbocycles. The Kier molecular flexibility index (Phi) is 9.79. The van der Waals surface area contributed by atoms with E-state index in [4.69, 9.17) is 13.8 Å². The van der Waals surface area contributed by atoms with Gasteiger partial charge in [-0.05, 0) is 59.5 Å². The lowest BCUT2D eigenvalue weighted by atomic mass is 9.94. The van der Waals surface area contributed by atoms with Gasteiger partial charge >= 0.3 is 19.6 Å². The van der Waals surface area contributed by atoms with Crippen LogP contribution in [0.25, 0.3) is 0 Å². The first-order valence-electron chi connectivity index (χ1n) is 10.4. The van der Waals surface area contributed by atoms with Crippen LogP contribution in [0.4, 0.5) is 4.79 Å². The Labute approximate surface area is 198 Å². The Bertz CT molecular complexity index is 824. The first-order valence-corrected chi connectivity index (χ1v) is 13.2. The van der Waals surface area contributed by atoms with Gasteiger partial charge in [0, 0.05) is 23.1 Å². The topological polar surface area (TPSA) is 85.4 Å². The van der Waals surface area contributed by atoms with Crippen molar-refractivity contribution in [3.05, 3.63) is 32.9 Å². The Morgan fingerprint density at radius 3 is 2.45 bits per heavy atom. The van der Waals surface area contributed by atoms with Gasteiger partial charge < -0.3 is 23.6 Å². The van der Waals surface area contributed by atoms with Crippen molar-refractivity contribution in [1.29, 1.82) is 0 Å². The average Bonchev–Trinajstić information content (AvgIpc) is 2.71. The van der Waals surface area contributed by atoms with E-state index in [0.29, 0.717) is 13.0 Å². The fourth-order valence-corrected chi connectivity index (χ4v) is 6.12. The molecule has 1 aromatic carbocycles. The predicted octanol–water partition coefficient (Wildman–Crippen LogP) is 4.49. The molecule has 31 heavy (non-hydrogen) atoms. The Hall–Kier alpha value is -1.16. The molecule has 8 nitrogen and oxygen atoms in total. The second kappa shape index (κ2) is 11.6. The van der Waals surface area contributed by atoms with Crippen LogP contribution in [0.2, 0.25) is 0 Å². The quantitative estimate of drug-likeness (QED) is 0.249. The third-order valence-corrected chi connectivity index (χ3v) is 7.90. The van der Waals surface area contributed by atoms with E-state index in [1.165, 1.54) is 16.9 Å². The van der Waals surface area contributed by atoms with Gasteiger partial charge in [0.15, 0.2) is 0 Å².